The van der Waals surface area contributed by atoms with E-state index in [0.717, 1.165) is 12.2 Å². The van der Waals surface area contributed by atoms with Gasteiger partial charge in [0.15, 0.2) is 0 Å². The molecule has 0 saturated heterocycles. The first-order valence-electron chi connectivity index (χ1n) is 5.35. The number of hydrogen-bond donors (Lipinski definition) is 1. The standard InChI is InChI=1S/C12H19NO2/c1-8(2)7-13-6-5-10(12(14)15)11(13)9(3)4/h5-6,8-9H,7H2,1-4H3,(H,14,15). The number of hydrogen-bond acceptors (Lipinski definition) is 1. The van der Waals surface area contributed by atoms with Crippen molar-refractivity contribution in [1.82, 2.24) is 4.57 Å². The lowest BCUT2D eigenvalue weighted by atomic mass is 10.1. The molecule has 0 aliphatic carbocycles. The van der Waals surface area contributed by atoms with Crippen molar-refractivity contribution in [2.75, 3.05) is 0 Å². The quantitative estimate of drug-likeness (QED) is 0.828. The van der Waals surface area contributed by atoms with E-state index in [1.54, 1.807) is 6.07 Å². The zero-order chi connectivity index (χ0) is 11.6. The molecule has 0 atom stereocenters. The van der Waals surface area contributed by atoms with E-state index in [0.29, 0.717) is 11.5 Å². The van der Waals surface area contributed by atoms with E-state index in [1.165, 1.54) is 0 Å². The molecule has 1 heterocycles. The van der Waals surface area contributed by atoms with Gasteiger partial charge in [0, 0.05) is 18.4 Å². The molecule has 1 N–H and O–H groups in total. The van der Waals surface area contributed by atoms with E-state index >= 15 is 0 Å². The Morgan fingerprint density at radius 2 is 2.00 bits per heavy atom. The maximum atomic E-state index is 11.0. The van der Waals surface area contributed by atoms with Crippen LogP contribution in [0.2, 0.25) is 0 Å². The highest BCUT2D eigenvalue weighted by atomic mass is 16.4. The molecule has 0 amide bonds. The summed E-state index contributed by atoms with van der Waals surface area (Å²) in [6, 6.07) is 1.69. The van der Waals surface area contributed by atoms with Crippen molar-refractivity contribution in [2.24, 2.45) is 5.92 Å². The molecule has 0 aliphatic rings. The Morgan fingerprint density at radius 3 is 2.40 bits per heavy atom. The van der Waals surface area contributed by atoms with Gasteiger partial charge >= 0.3 is 5.97 Å². The Hall–Kier alpha value is -1.25. The van der Waals surface area contributed by atoms with E-state index in [-0.39, 0.29) is 5.92 Å². The van der Waals surface area contributed by atoms with Crippen LogP contribution >= 0.6 is 0 Å². The third-order valence-corrected chi connectivity index (χ3v) is 2.35. The van der Waals surface area contributed by atoms with Gasteiger partial charge in [-0.05, 0) is 17.9 Å². The van der Waals surface area contributed by atoms with Crippen LogP contribution in [-0.2, 0) is 6.54 Å². The second-order valence-electron chi connectivity index (χ2n) is 4.62. The van der Waals surface area contributed by atoms with Crippen LogP contribution in [0.1, 0.15) is 49.7 Å². The largest absolute Gasteiger partial charge is 0.478 e. The fraction of sp³-hybridized carbons (Fsp3) is 0.583. The SMILES string of the molecule is CC(C)Cn1ccc(C(=O)O)c1C(C)C. The van der Waals surface area contributed by atoms with Crippen molar-refractivity contribution in [2.45, 2.75) is 40.2 Å². The van der Waals surface area contributed by atoms with E-state index in [4.69, 9.17) is 5.11 Å². The van der Waals surface area contributed by atoms with Crippen molar-refractivity contribution in [3.63, 3.8) is 0 Å². The van der Waals surface area contributed by atoms with Gasteiger partial charge in [0.2, 0.25) is 0 Å². The summed E-state index contributed by atoms with van der Waals surface area (Å²) >= 11 is 0. The Kier molecular flexibility index (Phi) is 3.56. The summed E-state index contributed by atoms with van der Waals surface area (Å²) < 4.78 is 2.05. The van der Waals surface area contributed by atoms with Crippen molar-refractivity contribution in [1.29, 1.82) is 0 Å². The van der Waals surface area contributed by atoms with Gasteiger partial charge in [0.1, 0.15) is 0 Å². The summed E-state index contributed by atoms with van der Waals surface area (Å²) in [5, 5.41) is 9.05. The van der Waals surface area contributed by atoms with Crippen LogP contribution in [0.4, 0.5) is 0 Å². The van der Waals surface area contributed by atoms with Crippen molar-refractivity contribution in [3.8, 4) is 0 Å². The predicted molar refractivity (Wildman–Crippen MR) is 60.3 cm³/mol. The molecular weight excluding hydrogens is 190 g/mol. The topological polar surface area (TPSA) is 42.2 Å². The van der Waals surface area contributed by atoms with Crippen molar-refractivity contribution < 1.29 is 9.90 Å². The molecular formula is C12H19NO2. The van der Waals surface area contributed by atoms with Crippen LogP contribution in [0.25, 0.3) is 0 Å². The monoisotopic (exact) mass is 209 g/mol. The number of aromatic carboxylic acids is 1. The molecule has 3 nitrogen and oxygen atoms in total. The van der Waals surface area contributed by atoms with E-state index in [1.807, 2.05) is 20.0 Å². The van der Waals surface area contributed by atoms with Gasteiger partial charge in [0.25, 0.3) is 0 Å². The average Bonchev–Trinajstić information content (AvgIpc) is 2.46. The minimum atomic E-state index is -0.832. The normalized spacial score (nSPS) is 11.3. The molecule has 1 aromatic rings. The molecule has 1 aromatic heterocycles. The second-order valence-corrected chi connectivity index (χ2v) is 4.62. The number of carboxylic acid groups (broad SMARTS) is 1. The van der Waals surface area contributed by atoms with Gasteiger partial charge < -0.3 is 9.67 Å². The maximum absolute atomic E-state index is 11.0. The number of aromatic nitrogens is 1. The molecule has 84 valence electrons. The van der Waals surface area contributed by atoms with Crippen LogP contribution in [0.3, 0.4) is 0 Å². The molecule has 0 bridgehead atoms. The lowest BCUT2D eigenvalue weighted by molar-refractivity contribution is 0.0695. The lowest BCUT2D eigenvalue weighted by Crippen LogP contribution is -2.11. The molecule has 0 fully saturated rings. The van der Waals surface area contributed by atoms with E-state index in [2.05, 4.69) is 18.4 Å². The molecule has 15 heavy (non-hydrogen) atoms. The van der Waals surface area contributed by atoms with Gasteiger partial charge in [-0.3, -0.25) is 0 Å². The van der Waals surface area contributed by atoms with Crippen molar-refractivity contribution in [3.05, 3.63) is 23.5 Å². The Bertz CT molecular complexity index is 351. The summed E-state index contributed by atoms with van der Waals surface area (Å²) in [6.45, 7) is 9.19. The molecule has 0 aliphatic heterocycles. The number of carboxylic acids is 1. The summed E-state index contributed by atoms with van der Waals surface area (Å²) in [5.41, 5.74) is 1.36. The molecule has 1 rings (SSSR count). The van der Waals surface area contributed by atoms with Crippen LogP contribution in [0, 0.1) is 5.92 Å². The van der Waals surface area contributed by atoms with E-state index in [9.17, 15) is 4.79 Å². The van der Waals surface area contributed by atoms with Crippen LogP contribution in [0.5, 0.6) is 0 Å². The fourth-order valence-corrected chi connectivity index (χ4v) is 1.86. The molecule has 0 radical (unpaired) electrons. The Balaban J connectivity index is 3.12. The Morgan fingerprint density at radius 1 is 1.40 bits per heavy atom. The predicted octanol–water partition coefficient (Wildman–Crippen LogP) is 2.97. The minimum Gasteiger partial charge on any atom is -0.478 e. The first-order chi connectivity index (χ1) is 6.93. The first-order valence-corrected chi connectivity index (χ1v) is 5.35. The smallest absolute Gasteiger partial charge is 0.337 e. The maximum Gasteiger partial charge on any atom is 0.337 e. The number of carbonyl (C=O) groups is 1. The highest BCUT2D eigenvalue weighted by molar-refractivity contribution is 5.89. The average molecular weight is 209 g/mol. The summed E-state index contributed by atoms with van der Waals surface area (Å²) in [4.78, 5) is 11.0. The summed E-state index contributed by atoms with van der Waals surface area (Å²) in [7, 11) is 0. The van der Waals surface area contributed by atoms with E-state index < -0.39 is 5.97 Å². The van der Waals surface area contributed by atoms with Gasteiger partial charge in [-0.2, -0.15) is 0 Å². The zero-order valence-electron chi connectivity index (χ0n) is 9.82. The molecule has 0 saturated carbocycles. The van der Waals surface area contributed by atoms with Gasteiger partial charge in [-0.15, -0.1) is 0 Å². The van der Waals surface area contributed by atoms with Gasteiger partial charge in [-0.25, -0.2) is 4.79 Å². The molecule has 0 unspecified atom stereocenters. The number of rotatable bonds is 4. The highest BCUT2D eigenvalue weighted by Crippen LogP contribution is 2.22. The van der Waals surface area contributed by atoms with Gasteiger partial charge in [-0.1, -0.05) is 27.7 Å². The van der Waals surface area contributed by atoms with Crippen LogP contribution < -0.4 is 0 Å². The Labute approximate surface area is 90.7 Å². The number of nitrogens with zero attached hydrogens (tertiary/aromatic N) is 1. The molecule has 0 aromatic carbocycles. The van der Waals surface area contributed by atoms with Gasteiger partial charge in [0.05, 0.1) is 5.56 Å². The minimum absolute atomic E-state index is 0.241. The molecule has 0 spiro atoms. The second kappa shape index (κ2) is 4.51. The van der Waals surface area contributed by atoms with Crippen LogP contribution in [-0.4, -0.2) is 15.6 Å². The van der Waals surface area contributed by atoms with Crippen molar-refractivity contribution >= 4 is 5.97 Å². The third-order valence-electron chi connectivity index (χ3n) is 2.35. The lowest BCUT2D eigenvalue weighted by Gasteiger charge is -2.15. The first kappa shape index (κ1) is 11.8. The third kappa shape index (κ3) is 2.61. The highest BCUT2D eigenvalue weighted by Gasteiger charge is 2.17. The summed E-state index contributed by atoms with van der Waals surface area (Å²) in [5.74, 6) is -0.0670. The zero-order valence-corrected chi connectivity index (χ0v) is 9.82. The van der Waals surface area contributed by atoms with Crippen LogP contribution in [0.15, 0.2) is 12.3 Å². The summed E-state index contributed by atoms with van der Waals surface area (Å²) in [6.07, 6.45) is 1.87. The molecule has 3 heteroatoms. The fourth-order valence-electron chi connectivity index (χ4n) is 1.86.